The Morgan fingerprint density at radius 3 is 2.45 bits per heavy atom. The first-order valence-electron chi connectivity index (χ1n) is 13.6. The number of allylic oxidation sites excluding steroid dienone is 3. The fourth-order valence-electron chi connectivity index (χ4n) is 9.54. The molecular weight excluding hydrogens is 404 g/mol. The van der Waals surface area contributed by atoms with Crippen LogP contribution in [0.15, 0.2) is 36.0 Å². The minimum absolute atomic E-state index is 0.146. The summed E-state index contributed by atoms with van der Waals surface area (Å²) in [6, 6.07) is 0. The molecule has 9 atom stereocenters. The van der Waals surface area contributed by atoms with E-state index in [1.54, 1.807) is 0 Å². The Morgan fingerprint density at radius 1 is 1.12 bits per heavy atom. The van der Waals surface area contributed by atoms with Crippen LogP contribution >= 0.6 is 0 Å². The van der Waals surface area contributed by atoms with E-state index in [1.165, 1.54) is 31.3 Å². The van der Waals surface area contributed by atoms with Gasteiger partial charge in [-0.05, 0) is 85.9 Å². The molecule has 2 heteroatoms. The van der Waals surface area contributed by atoms with Gasteiger partial charge in [0, 0.05) is 18.4 Å². The summed E-state index contributed by atoms with van der Waals surface area (Å²) in [4.78, 5) is 0. The second kappa shape index (κ2) is 8.37. The Hall–Kier alpha value is -0.860. The summed E-state index contributed by atoms with van der Waals surface area (Å²) in [5, 5.41) is 10.9. The van der Waals surface area contributed by atoms with Gasteiger partial charge < -0.3 is 9.84 Å². The van der Waals surface area contributed by atoms with Crippen LogP contribution in [-0.2, 0) is 4.74 Å². The Morgan fingerprint density at radius 2 is 1.82 bits per heavy atom. The molecule has 0 aliphatic heterocycles. The van der Waals surface area contributed by atoms with Gasteiger partial charge in [0.05, 0.1) is 12.2 Å². The Kier molecular flexibility index (Phi) is 6.40. The molecule has 0 radical (unpaired) electrons. The molecule has 0 bridgehead atoms. The molecule has 4 aliphatic rings. The van der Waals surface area contributed by atoms with E-state index < -0.39 is 0 Å². The van der Waals surface area contributed by atoms with Crippen molar-refractivity contribution in [3.63, 3.8) is 0 Å². The standard InChI is InChI=1S/C31H50O2/c1-20(2)11-10-12-21(3)22-15-16-31(8)27-25(33-9)19-24-23(13-14-26(32)28(24,4)5)29(27,6)17-18-30(22,31)7/h10-11,19,21-23,25-27,32H,1,12-18H2,2-9H3. The van der Waals surface area contributed by atoms with Crippen molar-refractivity contribution in [2.45, 2.75) is 106 Å². The number of hydrogen-bond donors (Lipinski definition) is 1. The largest absolute Gasteiger partial charge is 0.392 e. The van der Waals surface area contributed by atoms with E-state index in [4.69, 9.17) is 4.74 Å². The molecule has 3 fully saturated rings. The predicted molar refractivity (Wildman–Crippen MR) is 139 cm³/mol. The molecule has 0 amide bonds. The maximum absolute atomic E-state index is 10.9. The summed E-state index contributed by atoms with van der Waals surface area (Å²) < 4.78 is 6.33. The van der Waals surface area contributed by atoms with Gasteiger partial charge in [-0.1, -0.05) is 77.5 Å². The summed E-state index contributed by atoms with van der Waals surface area (Å²) in [7, 11) is 1.92. The zero-order valence-corrected chi connectivity index (χ0v) is 22.7. The van der Waals surface area contributed by atoms with Crippen molar-refractivity contribution in [1.29, 1.82) is 0 Å². The molecular formula is C31H50O2. The molecule has 0 saturated heterocycles. The Labute approximate surface area is 204 Å². The molecule has 3 saturated carbocycles. The average Bonchev–Trinajstić information content (AvgIpc) is 3.01. The van der Waals surface area contributed by atoms with Gasteiger partial charge >= 0.3 is 0 Å². The van der Waals surface area contributed by atoms with Crippen LogP contribution in [0, 0.1) is 45.3 Å². The first kappa shape index (κ1) is 25.2. The predicted octanol–water partition coefficient (Wildman–Crippen LogP) is 7.74. The van der Waals surface area contributed by atoms with Gasteiger partial charge in [0.1, 0.15) is 0 Å². The fraction of sp³-hybridized carbons (Fsp3) is 0.806. The lowest BCUT2D eigenvalue weighted by molar-refractivity contribution is -0.182. The van der Waals surface area contributed by atoms with Crippen molar-refractivity contribution in [3.8, 4) is 0 Å². The molecule has 0 aromatic carbocycles. The second-order valence-electron chi connectivity index (χ2n) is 13.6. The summed E-state index contributed by atoms with van der Waals surface area (Å²) in [5.41, 5.74) is 3.34. The minimum atomic E-state index is -0.244. The van der Waals surface area contributed by atoms with Crippen molar-refractivity contribution in [2.75, 3.05) is 7.11 Å². The van der Waals surface area contributed by atoms with Crippen LogP contribution in [0.3, 0.4) is 0 Å². The highest BCUT2D eigenvalue weighted by Crippen LogP contribution is 2.75. The van der Waals surface area contributed by atoms with Gasteiger partial charge in [-0.15, -0.1) is 0 Å². The van der Waals surface area contributed by atoms with E-state index in [2.05, 4.69) is 73.3 Å². The van der Waals surface area contributed by atoms with E-state index in [0.717, 1.165) is 30.8 Å². The molecule has 0 aromatic rings. The maximum Gasteiger partial charge on any atom is 0.0793 e. The fourth-order valence-corrected chi connectivity index (χ4v) is 9.54. The van der Waals surface area contributed by atoms with Crippen molar-refractivity contribution < 1.29 is 9.84 Å². The van der Waals surface area contributed by atoms with Gasteiger partial charge in [-0.3, -0.25) is 0 Å². The van der Waals surface area contributed by atoms with Gasteiger partial charge in [0.15, 0.2) is 0 Å². The van der Waals surface area contributed by atoms with Crippen molar-refractivity contribution in [1.82, 2.24) is 0 Å². The molecule has 0 spiro atoms. The second-order valence-corrected chi connectivity index (χ2v) is 13.6. The number of methoxy groups -OCH3 is 1. The molecule has 4 aliphatic carbocycles. The van der Waals surface area contributed by atoms with E-state index in [-0.39, 0.29) is 28.5 Å². The SMILES string of the molecule is C=C(C)C=CCC(C)C1CCC2(C)C3C(OC)C=C4C(CCC(O)C4(C)C)C3(C)CCC12C. The average molecular weight is 455 g/mol. The third kappa shape index (κ3) is 3.56. The summed E-state index contributed by atoms with van der Waals surface area (Å²) in [6.07, 6.45) is 15.4. The van der Waals surface area contributed by atoms with E-state index in [1.807, 2.05) is 7.11 Å². The van der Waals surface area contributed by atoms with Crippen LogP contribution < -0.4 is 0 Å². The molecule has 9 unspecified atom stereocenters. The minimum Gasteiger partial charge on any atom is -0.392 e. The van der Waals surface area contributed by atoms with Gasteiger partial charge in [-0.2, -0.15) is 0 Å². The van der Waals surface area contributed by atoms with Crippen LogP contribution in [0.2, 0.25) is 0 Å². The normalized spacial score (nSPS) is 47.4. The first-order chi connectivity index (χ1) is 15.3. The molecule has 33 heavy (non-hydrogen) atoms. The highest BCUT2D eigenvalue weighted by atomic mass is 16.5. The number of hydrogen-bond acceptors (Lipinski definition) is 2. The lowest BCUT2D eigenvalue weighted by Crippen LogP contribution is -2.63. The molecule has 0 heterocycles. The monoisotopic (exact) mass is 454 g/mol. The Balaban J connectivity index is 1.72. The summed E-state index contributed by atoms with van der Waals surface area (Å²) in [6.45, 7) is 21.0. The van der Waals surface area contributed by atoms with Crippen molar-refractivity contribution in [2.24, 2.45) is 45.3 Å². The zero-order valence-electron chi connectivity index (χ0n) is 22.7. The van der Waals surface area contributed by atoms with Crippen molar-refractivity contribution in [3.05, 3.63) is 36.0 Å². The van der Waals surface area contributed by atoms with Crippen molar-refractivity contribution >= 4 is 0 Å². The molecule has 0 aromatic heterocycles. The number of fused-ring (bicyclic) bond motifs is 5. The van der Waals surface area contributed by atoms with E-state index >= 15 is 0 Å². The number of aliphatic hydroxyl groups excluding tert-OH is 1. The summed E-state index contributed by atoms with van der Waals surface area (Å²) >= 11 is 0. The maximum atomic E-state index is 10.9. The molecule has 2 nitrogen and oxygen atoms in total. The number of ether oxygens (including phenoxy) is 1. The quantitative estimate of drug-likeness (QED) is 0.340. The zero-order chi connectivity index (χ0) is 24.4. The lowest BCUT2D eigenvalue weighted by atomic mass is 9.38. The van der Waals surface area contributed by atoms with E-state index in [9.17, 15) is 5.11 Å². The number of rotatable bonds is 5. The molecule has 4 rings (SSSR count). The van der Waals surface area contributed by atoms with Crippen LogP contribution in [0.4, 0.5) is 0 Å². The Bertz CT molecular complexity index is 836. The highest BCUT2D eigenvalue weighted by molar-refractivity contribution is 5.32. The van der Waals surface area contributed by atoms with E-state index in [0.29, 0.717) is 23.2 Å². The summed E-state index contributed by atoms with van der Waals surface area (Å²) in [5.74, 6) is 2.56. The molecule has 1 N–H and O–H groups in total. The molecule has 186 valence electrons. The lowest BCUT2D eigenvalue weighted by Gasteiger charge is -2.67. The third-order valence-corrected chi connectivity index (χ3v) is 11.7. The topological polar surface area (TPSA) is 29.5 Å². The van der Waals surface area contributed by atoms with Crippen LogP contribution in [0.5, 0.6) is 0 Å². The third-order valence-electron chi connectivity index (χ3n) is 11.7. The van der Waals surface area contributed by atoms with Gasteiger partial charge in [0.2, 0.25) is 0 Å². The highest BCUT2D eigenvalue weighted by Gasteiger charge is 2.69. The van der Waals surface area contributed by atoms with Crippen LogP contribution in [-0.4, -0.2) is 24.4 Å². The van der Waals surface area contributed by atoms with Crippen LogP contribution in [0.25, 0.3) is 0 Å². The smallest absolute Gasteiger partial charge is 0.0793 e. The number of aliphatic hydroxyl groups is 1. The first-order valence-corrected chi connectivity index (χ1v) is 13.6. The van der Waals surface area contributed by atoms with Gasteiger partial charge in [0.25, 0.3) is 0 Å². The van der Waals surface area contributed by atoms with Gasteiger partial charge in [-0.25, -0.2) is 0 Å². The van der Waals surface area contributed by atoms with Crippen LogP contribution in [0.1, 0.15) is 93.4 Å².